The minimum Gasteiger partial charge on any atom is -0.398 e. The predicted octanol–water partition coefficient (Wildman–Crippen LogP) is 4.12. The number of aromatic nitrogens is 1. The third-order valence-electron chi connectivity index (χ3n) is 4.52. The standard InChI is InChI=1S/C25H24N4O/c1-2-25(30)29-18-22-11-10-21(20-8-4-3-5-9-20)15-23(22)24(26)12-14-28-17-19-7-6-13-27-16-19/h2-16H,1,17-18,26H2,(H,29,30)/b24-12-,28-14?. The summed E-state index contributed by atoms with van der Waals surface area (Å²) in [5.74, 6) is -0.228. The molecule has 1 heterocycles. The van der Waals surface area contributed by atoms with Crippen molar-refractivity contribution in [3.8, 4) is 11.1 Å². The lowest BCUT2D eigenvalue weighted by atomic mass is 9.97. The van der Waals surface area contributed by atoms with E-state index in [0.29, 0.717) is 18.8 Å². The lowest BCUT2D eigenvalue weighted by Crippen LogP contribution is -2.21. The molecule has 1 aromatic heterocycles. The van der Waals surface area contributed by atoms with E-state index >= 15 is 0 Å². The number of pyridine rings is 1. The Bertz CT molecular complexity index is 1060. The molecule has 0 aliphatic rings. The van der Waals surface area contributed by atoms with E-state index < -0.39 is 0 Å². The van der Waals surface area contributed by atoms with Crippen LogP contribution in [0.5, 0.6) is 0 Å². The van der Waals surface area contributed by atoms with Crippen molar-refractivity contribution >= 4 is 17.8 Å². The minimum atomic E-state index is -0.228. The molecule has 150 valence electrons. The number of nitrogens with zero attached hydrogens (tertiary/aromatic N) is 2. The Morgan fingerprint density at radius 3 is 2.67 bits per heavy atom. The quantitative estimate of drug-likeness (QED) is 0.444. The molecule has 2 aromatic carbocycles. The average Bonchev–Trinajstić information content (AvgIpc) is 2.81. The fourth-order valence-electron chi connectivity index (χ4n) is 2.94. The summed E-state index contributed by atoms with van der Waals surface area (Å²) >= 11 is 0. The molecule has 0 saturated carbocycles. The molecular formula is C25H24N4O. The van der Waals surface area contributed by atoms with E-state index in [-0.39, 0.29) is 5.91 Å². The van der Waals surface area contributed by atoms with E-state index in [1.807, 2.05) is 60.7 Å². The highest BCUT2D eigenvalue weighted by Crippen LogP contribution is 2.25. The van der Waals surface area contributed by atoms with Crippen molar-refractivity contribution in [2.24, 2.45) is 10.7 Å². The van der Waals surface area contributed by atoms with Gasteiger partial charge in [-0.15, -0.1) is 0 Å². The molecule has 5 heteroatoms. The van der Waals surface area contributed by atoms with Crippen molar-refractivity contribution in [3.05, 3.63) is 108 Å². The van der Waals surface area contributed by atoms with Gasteiger partial charge in [0.2, 0.25) is 5.91 Å². The molecule has 3 N–H and O–H groups in total. The summed E-state index contributed by atoms with van der Waals surface area (Å²) in [6, 6.07) is 20.0. The first-order valence-electron chi connectivity index (χ1n) is 9.61. The number of hydrogen-bond acceptors (Lipinski definition) is 4. The van der Waals surface area contributed by atoms with Gasteiger partial charge in [-0.05, 0) is 46.5 Å². The number of carbonyl (C=O) groups excluding carboxylic acids is 1. The van der Waals surface area contributed by atoms with Crippen molar-refractivity contribution in [1.29, 1.82) is 0 Å². The number of rotatable bonds is 8. The monoisotopic (exact) mass is 396 g/mol. The van der Waals surface area contributed by atoms with E-state index in [0.717, 1.165) is 27.8 Å². The largest absolute Gasteiger partial charge is 0.398 e. The Kier molecular flexibility index (Phi) is 7.28. The number of nitrogens with one attached hydrogen (secondary N) is 1. The van der Waals surface area contributed by atoms with E-state index in [2.05, 4.69) is 21.9 Å². The number of aliphatic imine (C=N–C) groups is 1. The molecule has 3 rings (SSSR count). The van der Waals surface area contributed by atoms with Crippen LogP contribution in [0.15, 0.2) is 96.8 Å². The Labute approximate surface area is 176 Å². The van der Waals surface area contributed by atoms with Gasteiger partial charge in [0.1, 0.15) is 0 Å². The molecular weight excluding hydrogens is 372 g/mol. The maximum Gasteiger partial charge on any atom is 0.243 e. The first-order valence-corrected chi connectivity index (χ1v) is 9.61. The minimum absolute atomic E-state index is 0.228. The molecule has 0 spiro atoms. The second-order valence-corrected chi connectivity index (χ2v) is 6.63. The molecule has 0 radical (unpaired) electrons. The van der Waals surface area contributed by atoms with Gasteiger partial charge >= 0.3 is 0 Å². The Hall–Kier alpha value is -3.99. The SMILES string of the molecule is C=CC(=O)NCc1ccc(-c2ccccc2)cc1/C(N)=C/C=NCc1cccnc1. The Morgan fingerprint density at radius 2 is 1.93 bits per heavy atom. The molecule has 30 heavy (non-hydrogen) atoms. The van der Waals surface area contributed by atoms with E-state index in [1.165, 1.54) is 6.08 Å². The van der Waals surface area contributed by atoms with Crippen LogP contribution in [0, 0.1) is 0 Å². The summed E-state index contributed by atoms with van der Waals surface area (Å²) in [6.07, 6.45) is 8.25. The van der Waals surface area contributed by atoms with Gasteiger partial charge in [-0.2, -0.15) is 0 Å². The van der Waals surface area contributed by atoms with Gasteiger partial charge in [-0.25, -0.2) is 0 Å². The van der Waals surface area contributed by atoms with Crippen LogP contribution in [0.25, 0.3) is 16.8 Å². The van der Waals surface area contributed by atoms with Gasteiger partial charge in [0.15, 0.2) is 0 Å². The summed E-state index contributed by atoms with van der Waals surface area (Å²) in [5.41, 5.74) is 11.9. The fraction of sp³-hybridized carbons (Fsp3) is 0.0800. The van der Waals surface area contributed by atoms with Gasteiger partial charge in [0.05, 0.1) is 6.54 Å². The number of nitrogens with two attached hydrogens (primary N) is 1. The highest BCUT2D eigenvalue weighted by molar-refractivity contribution is 5.87. The molecule has 0 unspecified atom stereocenters. The zero-order chi connectivity index (χ0) is 21.2. The van der Waals surface area contributed by atoms with Crippen molar-refractivity contribution < 1.29 is 4.79 Å². The van der Waals surface area contributed by atoms with Gasteiger partial charge in [0.25, 0.3) is 0 Å². The summed E-state index contributed by atoms with van der Waals surface area (Å²) in [4.78, 5) is 20.1. The summed E-state index contributed by atoms with van der Waals surface area (Å²) in [6.45, 7) is 4.38. The highest BCUT2D eigenvalue weighted by atomic mass is 16.1. The molecule has 0 atom stereocenters. The van der Waals surface area contributed by atoms with Gasteiger partial charge in [-0.3, -0.25) is 14.8 Å². The topological polar surface area (TPSA) is 80.4 Å². The normalized spacial score (nSPS) is 11.4. The maximum absolute atomic E-state index is 11.6. The first-order chi connectivity index (χ1) is 14.7. The first kappa shape index (κ1) is 20.7. The van der Waals surface area contributed by atoms with E-state index in [1.54, 1.807) is 24.7 Å². The third-order valence-corrected chi connectivity index (χ3v) is 4.52. The summed E-state index contributed by atoms with van der Waals surface area (Å²) < 4.78 is 0. The van der Waals surface area contributed by atoms with Gasteiger partial charge in [0, 0.05) is 36.4 Å². The van der Waals surface area contributed by atoms with Crippen LogP contribution in [0.4, 0.5) is 0 Å². The van der Waals surface area contributed by atoms with Crippen molar-refractivity contribution in [3.63, 3.8) is 0 Å². The fourth-order valence-corrected chi connectivity index (χ4v) is 2.94. The van der Waals surface area contributed by atoms with Crippen LogP contribution in [-0.4, -0.2) is 17.1 Å². The number of hydrogen-bond donors (Lipinski definition) is 2. The van der Waals surface area contributed by atoms with E-state index in [9.17, 15) is 4.79 Å². The molecule has 0 aliphatic heterocycles. The molecule has 0 bridgehead atoms. The summed E-state index contributed by atoms with van der Waals surface area (Å²) in [7, 11) is 0. The van der Waals surface area contributed by atoms with Crippen molar-refractivity contribution in [2.45, 2.75) is 13.1 Å². The number of allylic oxidation sites excluding steroid dienone is 1. The Balaban J connectivity index is 1.85. The Morgan fingerprint density at radius 1 is 1.10 bits per heavy atom. The lowest BCUT2D eigenvalue weighted by molar-refractivity contribution is -0.116. The van der Waals surface area contributed by atoms with Crippen LogP contribution in [0.3, 0.4) is 0 Å². The highest BCUT2D eigenvalue weighted by Gasteiger charge is 2.09. The molecule has 5 nitrogen and oxygen atoms in total. The lowest BCUT2D eigenvalue weighted by Gasteiger charge is -2.13. The average molecular weight is 396 g/mol. The summed E-state index contributed by atoms with van der Waals surface area (Å²) in [5, 5.41) is 2.81. The number of carbonyl (C=O) groups is 1. The van der Waals surface area contributed by atoms with Crippen LogP contribution in [0.2, 0.25) is 0 Å². The second-order valence-electron chi connectivity index (χ2n) is 6.63. The van der Waals surface area contributed by atoms with Gasteiger partial charge < -0.3 is 11.1 Å². The van der Waals surface area contributed by atoms with Crippen LogP contribution < -0.4 is 11.1 Å². The van der Waals surface area contributed by atoms with Crippen molar-refractivity contribution in [1.82, 2.24) is 10.3 Å². The molecule has 0 saturated heterocycles. The third kappa shape index (κ3) is 5.75. The zero-order valence-electron chi connectivity index (χ0n) is 16.7. The molecule has 0 fully saturated rings. The molecule has 0 aliphatic carbocycles. The smallest absolute Gasteiger partial charge is 0.243 e. The number of benzene rings is 2. The van der Waals surface area contributed by atoms with Crippen LogP contribution >= 0.6 is 0 Å². The second kappa shape index (κ2) is 10.5. The van der Waals surface area contributed by atoms with Gasteiger partial charge in [-0.1, -0.05) is 55.1 Å². The van der Waals surface area contributed by atoms with E-state index in [4.69, 9.17) is 5.73 Å². The molecule has 1 amide bonds. The molecule has 3 aromatic rings. The van der Waals surface area contributed by atoms with Crippen molar-refractivity contribution in [2.75, 3.05) is 0 Å². The number of amides is 1. The maximum atomic E-state index is 11.6. The van der Waals surface area contributed by atoms with Crippen LogP contribution in [0.1, 0.15) is 16.7 Å². The van der Waals surface area contributed by atoms with Crippen LogP contribution in [-0.2, 0) is 17.9 Å². The zero-order valence-corrected chi connectivity index (χ0v) is 16.7. The predicted molar refractivity (Wildman–Crippen MR) is 123 cm³/mol.